The van der Waals surface area contributed by atoms with Crippen molar-refractivity contribution in [2.24, 2.45) is 7.05 Å². The van der Waals surface area contributed by atoms with E-state index in [0.717, 1.165) is 27.9 Å². The molecule has 0 saturated heterocycles. The average molecular weight is 351 g/mol. The summed E-state index contributed by atoms with van der Waals surface area (Å²) in [6.07, 6.45) is 1.89. The number of aromatic nitrogens is 1. The van der Waals surface area contributed by atoms with E-state index in [1.54, 1.807) is 12.1 Å². The van der Waals surface area contributed by atoms with Crippen LogP contribution in [0.15, 0.2) is 54.7 Å². The zero-order valence-corrected chi connectivity index (χ0v) is 16.1. The van der Waals surface area contributed by atoms with Gasteiger partial charge in [0, 0.05) is 25.4 Å². The molecule has 0 aliphatic heterocycles. The fourth-order valence-electron chi connectivity index (χ4n) is 3.35. The predicted molar refractivity (Wildman–Crippen MR) is 111 cm³/mol. The predicted octanol–water partition coefficient (Wildman–Crippen LogP) is 6.07. The molecule has 0 atom stereocenters. The number of hydrogen-bond acceptors (Lipinski definition) is 0. The van der Waals surface area contributed by atoms with Crippen LogP contribution in [0.25, 0.3) is 22.4 Å². The lowest BCUT2D eigenvalue weighted by Gasteiger charge is -2.21. The Kier molecular flexibility index (Phi) is 3.12. The molecule has 0 amide bonds. The average Bonchev–Trinajstić information content (AvgIpc) is 2.66. The van der Waals surface area contributed by atoms with Gasteiger partial charge in [-0.1, -0.05) is 57.2 Å². The minimum absolute atomic E-state index is 0.287. The Morgan fingerprint density at radius 1 is 0.846 bits per heavy atom. The van der Waals surface area contributed by atoms with Gasteiger partial charge in [0.1, 0.15) is 7.05 Å². The minimum atomic E-state index is -2.27. The van der Waals surface area contributed by atoms with E-state index >= 15 is 0 Å². The molecule has 0 aliphatic carbocycles. The number of pyridine rings is 1. The van der Waals surface area contributed by atoms with Crippen LogP contribution in [0.5, 0.6) is 0 Å². The van der Waals surface area contributed by atoms with Crippen molar-refractivity contribution in [3.63, 3.8) is 0 Å². The number of rotatable bonds is 2. The van der Waals surface area contributed by atoms with E-state index in [1.807, 2.05) is 81.9 Å². The molecule has 1 heterocycles. The van der Waals surface area contributed by atoms with Crippen LogP contribution in [0.2, 0.25) is 0 Å². The number of benzene rings is 2. The van der Waals surface area contributed by atoms with Crippen LogP contribution in [-0.4, -0.2) is 0 Å². The summed E-state index contributed by atoms with van der Waals surface area (Å²) in [4.78, 5) is 0. The van der Waals surface area contributed by atoms with E-state index in [4.69, 9.17) is 8.22 Å². The molecular weight excluding hydrogens is 314 g/mol. The van der Waals surface area contributed by atoms with Crippen LogP contribution in [0.4, 0.5) is 0 Å². The van der Waals surface area contributed by atoms with Gasteiger partial charge >= 0.3 is 0 Å². The maximum absolute atomic E-state index is 8.12. The first-order chi connectivity index (χ1) is 14.6. The second kappa shape index (κ2) is 6.72. The van der Waals surface area contributed by atoms with Gasteiger partial charge in [-0.15, -0.1) is 0 Å². The lowest BCUT2D eigenvalue weighted by Crippen LogP contribution is -2.34. The Morgan fingerprint density at radius 3 is 2.15 bits per heavy atom. The summed E-state index contributed by atoms with van der Waals surface area (Å²) in [6.45, 7) is 3.34. The van der Waals surface area contributed by atoms with Crippen LogP contribution in [0.3, 0.4) is 0 Å². The molecular formula is C25H30N+. The molecule has 26 heavy (non-hydrogen) atoms. The van der Waals surface area contributed by atoms with Gasteiger partial charge < -0.3 is 0 Å². The summed E-state index contributed by atoms with van der Waals surface area (Å²) in [5.41, 5.74) is 4.80. The first-order valence-electron chi connectivity index (χ1n) is 11.9. The van der Waals surface area contributed by atoms with Crippen LogP contribution in [0.1, 0.15) is 51.2 Å². The third-order valence-corrected chi connectivity index (χ3v) is 4.81. The number of hydrogen-bond donors (Lipinski definition) is 0. The number of nitrogens with zero attached hydrogens (tertiary/aromatic N) is 1. The molecule has 1 nitrogen and oxygen atoms in total. The summed E-state index contributed by atoms with van der Waals surface area (Å²) in [7, 11) is 1.90. The van der Waals surface area contributed by atoms with Gasteiger partial charge in [-0.05, 0) is 59.9 Å². The summed E-state index contributed by atoms with van der Waals surface area (Å²) < 4.78 is 50.4. The fourth-order valence-corrected chi connectivity index (χ4v) is 3.35. The molecule has 134 valence electrons. The van der Waals surface area contributed by atoms with Crippen LogP contribution in [0, 0.1) is 20.6 Å². The Morgan fingerprint density at radius 2 is 1.54 bits per heavy atom. The molecule has 0 saturated carbocycles. The van der Waals surface area contributed by atoms with Gasteiger partial charge in [-0.2, -0.15) is 0 Å². The molecule has 2 aromatic carbocycles. The highest BCUT2D eigenvalue weighted by atomic mass is 14.9. The lowest BCUT2D eigenvalue weighted by atomic mass is 9.84. The molecule has 0 unspecified atom stereocenters. The normalized spacial score (nSPS) is 16.0. The smallest absolute Gasteiger partial charge is 0.201 e. The molecule has 1 heteroatoms. The van der Waals surface area contributed by atoms with Gasteiger partial charge in [-0.25, -0.2) is 4.57 Å². The fraction of sp³-hybridized carbons (Fsp3) is 0.320. The Balaban J connectivity index is 2.36. The summed E-state index contributed by atoms with van der Waals surface area (Å²) in [5.74, 6) is 0. The van der Waals surface area contributed by atoms with Crippen molar-refractivity contribution in [2.75, 3.05) is 0 Å². The zero-order chi connectivity index (χ0) is 24.1. The molecule has 3 aromatic rings. The largest absolute Gasteiger partial charge is 0.212 e. The topological polar surface area (TPSA) is 3.88 Å². The second-order valence-electron chi connectivity index (χ2n) is 7.93. The molecule has 0 fully saturated rings. The maximum Gasteiger partial charge on any atom is 0.212 e. The van der Waals surface area contributed by atoms with Crippen molar-refractivity contribution < 1.29 is 12.8 Å². The van der Waals surface area contributed by atoms with Crippen molar-refractivity contribution >= 4 is 0 Å². The lowest BCUT2D eigenvalue weighted by molar-refractivity contribution is -0.661. The minimum Gasteiger partial charge on any atom is -0.201 e. The van der Waals surface area contributed by atoms with Crippen LogP contribution >= 0.6 is 0 Å². The summed E-state index contributed by atoms with van der Waals surface area (Å²) in [6, 6.07) is 14.7. The van der Waals surface area contributed by atoms with Gasteiger partial charge in [-0.3, -0.25) is 0 Å². The molecule has 3 rings (SSSR count). The summed E-state index contributed by atoms with van der Waals surface area (Å²) in [5, 5.41) is 0. The maximum atomic E-state index is 8.12. The van der Waals surface area contributed by atoms with Gasteiger partial charge in [0.2, 0.25) is 5.69 Å². The zero-order valence-electron chi connectivity index (χ0n) is 22.1. The first kappa shape index (κ1) is 12.1. The number of aryl methyl sites for hydroxylation is 4. The molecule has 0 spiro atoms. The van der Waals surface area contributed by atoms with E-state index in [-0.39, 0.29) is 11.0 Å². The highest BCUT2D eigenvalue weighted by molar-refractivity contribution is 5.75. The van der Waals surface area contributed by atoms with E-state index in [9.17, 15) is 0 Å². The quantitative estimate of drug-likeness (QED) is 0.494. The summed E-state index contributed by atoms with van der Waals surface area (Å²) >= 11 is 0. The van der Waals surface area contributed by atoms with E-state index in [2.05, 4.69) is 0 Å². The van der Waals surface area contributed by atoms with Gasteiger partial charge in [0.25, 0.3) is 0 Å². The van der Waals surface area contributed by atoms with Crippen molar-refractivity contribution in [3.05, 3.63) is 77.0 Å². The second-order valence-corrected chi connectivity index (χ2v) is 7.93. The van der Waals surface area contributed by atoms with Crippen molar-refractivity contribution in [2.45, 2.75) is 46.8 Å². The Hall–Kier alpha value is -2.41. The third-order valence-electron chi connectivity index (χ3n) is 4.81. The SMILES string of the molecule is [2H]C([2H])([2H])c1cc(C)c(-c2cc(C([2H])([2H])[2H])c(C(C)(C)C)c[n+]2C)cc1-c1ccccc1. The van der Waals surface area contributed by atoms with E-state index in [1.165, 1.54) is 0 Å². The standard InChI is InChI=1S/C25H30N/c1-17-13-18(2)22(15-21(17)20-11-9-8-10-12-20)24-14-19(3)23(16-26(24)7)25(4,5)6/h8-16H,1-7H3/q+1/i1D3,3D3. The van der Waals surface area contributed by atoms with Crippen molar-refractivity contribution in [3.8, 4) is 22.4 Å². The van der Waals surface area contributed by atoms with Gasteiger partial charge in [0.05, 0.1) is 0 Å². The van der Waals surface area contributed by atoms with Crippen molar-refractivity contribution in [1.29, 1.82) is 0 Å². The van der Waals surface area contributed by atoms with Crippen LogP contribution < -0.4 is 4.57 Å². The highest BCUT2D eigenvalue weighted by Gasteiger charge is 2.23. The molecule has 1 aromatic heterocycles. The molecule has 0 radical (unpaired) electrons. The van der Waals surface area contributed by atoms with Crippen molar-refractivity contribution in [1.82, 2.24) is 0 Å². The van der Waals surface area contributed by atoms with E-state index in [0.29, 0.717) is 11.1 Å². The molecule has 0 aliphatic rings. The Bertz CT molecular complexity index is 1140. The Labute approximate surface area is 166 Å². The third kappa shape index (κ3) is 3.44. The van der Waals surface area contributed by atoms with E-state index < -0.39 is 13.7 Å². The first-order valence-corrected chi connectivity index (χ1v) is 8.86. The van der Waals surface area contributed by atoms with Gasteiger partial charge in [0.15, 0.2) is 6.20 Å². The molecule has 0 bridgehead atoms. The van der Waals surface area contributed by atoms with Crippen LogP contribution in [-0.2, 0) is 12.5 Å². The highest BCUT2D eigenvalue weighted by Crippen LogP contribution is 2.32. The monoisotopic (exact) mass is 350 g/mol. The molecule has 0 N–H and O–H groups in total.